The van der Waals surface area contributed by atoms with Gasteiger partial charge in [-0.15, -0.1) is 0 Å². The molecule has 1 aliphatic rings. The normalized spacial score (nSPS) is 15.9. The number of hydrogen-bond donors (Lipinski definition) is 0. The van der Waals surface area contributed by atoms with E-state index in [0.29, 0.717) is 22.4 Å². The molecule has 0 radical (unpaired) electrons. The fraction of sp³-hybridized carbons (Fsp3) is 0.0909. The molecule has 0 saturated heterocycles. The van der Waals surface area contributed by atoms with Crippen molar-refractivity contribution in [3.63, 3.8) is 0 Å². The molecule has 144 valence electrons. The number of nitrogens with zero attached hydrogens (tertiary/aromatic N) is 3. The van der Waals surface area contributed by atoms with Gasteiger partial charge in [0.1, 0.15) is 5.69 Å². The maximum atomic E-state index is 14.5. The van der Waals surface area contributed by atoms with Gasteiger partial charge in [0.05, 0.1) is 23.4 Å². The standard InChI is InChI=1S/C22H13F4N3/c23-16-10-17(24)21(26)22(20(16)25)29-19(15-4-2-1-3-5-15)11-18(28-29)14-8-6-13(12-27)7-9-14/h1-10,19H,11H2/t19-/m0/s1. The van der Waals surface area contributed by atoms with Crippen molar-refractivity contribution in [3.05, 3.63) is 101 Å². The molecule has 3 nitrogen and oxygen atoms in total. The van der Waals surface area contributed by atoms with Gasteiger partial charge in [-0.05, 0) is 23.3 Å². The molecule has 29 heavy (non-hydrogen) atoms. The summed E-state index contributed by atoms with van der Waals surface area (Å²) in [5.41, 5.74) is 1.38. The van der Waals surface area contributed by atoms with Gasteiger partial charge in [-0.3, -0.25) is 5.01 Å². The Balaban J connectivity index is 1.85. The van der Waals surface area contributed by atoms with E-state index in [-0.39, 0.29) is 12.5 Å². The molecule has 4 rings (SSSR count). The van der Waals surface area contributed by atoms with Gasteiger partial charge in [-0.25, -0.2) is 17.6 Å². The zero-order valence-electron chi connectivity index (χ0n) is 14.9. The van der Waals surface area contributed by atoms with Crippen molar-refractivity contribution in [2.24, 2.45) is 5.10 Å². The maximum absolute atomic E-state index is 14.5. The SMILES string of the molecule is N#Cc1ccc(C2=NN(c3c(F)c(F)cc(F)c3F)[C@H](c3ccccc3)C2)cc1. The Morgan fingerprint density at radius 2 is 1.52 bits per heavy atom. The van der Waals surface area contributed by atoms with Crippen LogP contribution in [0.5, 0.6) is 0 Å². The fourth-order valence-electron chi connectivity index (χ4n) is 3.32. The van der Waals surface area contributed by atoms with Crippen molar-refractivity contribution in [2.45, 2.75) is 12.5 Å². The number of nitriles is 1. The van der Waals surface area contributed by atoms with Crippen LogP contribution in [0, 0.1) is 34.6 Å². The number of rotatable bonds is 3. The second-order valence-corrected chi connectivity index (χ2v) is 6.53. The fourth-order valence-corrected chi connectivity index (χ4v) is 3.32. The zero-order valence-corrected chi connectivity index (χ0v) is 14.9. The highest BCUT2D eigenvalue weighted by Gasteiger charge is 2.35. The molecule has 0 spiro atoms. The highest BCUT2D eigenvalue weighted by atomic mass is 19.2. The van der Waals surface area contributed by atoms with Gasteiger partial charge in [0.15, 0.2) is 23.3 Å². The number of hydrazone groups is 1. The second kappa shape index (κ2) is 7.40. The highest BCUT2D eigenvalue weighted by Crippen LogP contribution is 2.40. The third-order valence-corrected chi connectivity index (χ3v) is 4.76. The highest BCUT2D eigenvalue weighted by molar-refractivity contribution is 6.03. The minimum absolute atomic E-state index is 0.174. The van der Waals surface area contributed by atoms with Gasteiger partial charge in [-0.1, -0.05) is 42.5 Å². The molecule has 0 amide bonds. The largest absolute Gasteiger partial charge is 0.251 e. The summed E-state index contributed by atoms with van der Waals surface area (Å²) in [5, 5.41) is 14.2. The molecule has 0 N–H and O–H groups in total. The molecule has 1 aliphatic heterocycles. The molecule has 0 saturated carbocycles. The predicted octanol–water partition coefficient (Wildman–Crippen LogP) is 5.47. The van der Waals surface area contributed by atoms with E-state index in [0.717, 1.165) is 5.01 Å². The number of halogens is 4. The van der Waals surface area contributed by atoms with Gasteiger partial charge in [0.2, 0.25) is 0 Å². The smallest absolute Gasteiger partial charge is 0.187 e. The molecular formula is C22H13F4N3. The molecule has 1 atom stereocenters. The summed E-state index contributed by atoms with van der Waals surface area (Å²) in [6, 6.07) is 16.9. The topological polar surface area (TPSA) is 39.4 Å². The van der Waals surface area contributed by atoms with E-state index in [1.807, 2.05) is 6.07 Å². The lowest BCUT2D eigenvalue weighted by atomic mass is 9.97. The van der Waals surface area contributed by atoms with E-state index in [4.69, 9.17) is 5.26 Å². The Morgan fingerprint density at radius 3 is 2.10 bits per heavy atom. The van der Waals surface area contributed by atoms with Crippen molar-refractivity contribution in [1.29, 1.82) is 5.26 Å². The lowest BCUT2D eigenvalue weighted by molar-refractivity contribution is 0.448. The average Bonchev–Trinajstić information content (AvgIpc) is 3.18. The van der Waals surface area contributed by atoms with Gasteiger partial charge in [0.25, 0.3) is 0 Å². The van der Waals surface area contributed by atoms with E-state index in [2.05, 4.69) is 5.10 Å². The lowest BCUT2D eigenvalue weighted by Gasteiger charge is -2.25. The van der Waals surface area contributed by atoms with E-state index >= 15 is 0 Å². The van der Waals surface area contributed by atoms with Crippen molar-refractivity contribution in [2.75, 3.05) is 5.01 Å². The van der Waals surface area contributed by atoms with Crippen LogP contribution in [0.3, 0.4) is 0 Å². The zero-order chi connectivity index (χ0) is 20.5. The molecule has 0 unspecified atom stereocenters. The Morgan fingerprint density at radius 1 is 0.897 bits per heavy atom. The van der Waals surface area contributed by atoms with Crippen LogP contribution in [-0.2, 0) is 0 Å². The lowest BCUT2D eigenvalue weighted by Crippen LogP contribution is -2.22. The van der Waals surface area contributed by atoms with Crippen molar-refractivity contribution in [3.8, 4) is 6.07 Å². The average molecular weight is 395 g/mol. The summed E-state index contributed by atoms with van der Waals surface area (Å²) < 4.78 is 56.6. The number of anilines is 1. The summed E-state index contributed by atoms with van der Waals surface area (Å²) in [7, 11) is 0. The quantitative estimate of drug-likeness (QED) is 0.436. The number of benzene rings is 3. The van der Waals surface area contributed by atoms with Crippen LogP contribution in [0.2, 0.25) is 0 Å². The summed E-state index contributed by atoms with van der Waals surface area (Å²) in [4.78, 5) is 0. The van der Waals surface area contributed by atoms with Crippen molar-refractivity contribution < 1.29 is 17.6 Å². The van der Waals surface area contributed by atoms with E-state index in [1.54, 1.807) is 54.6 Å². The summed E-state index contributed by atoms with van der Waals surface area (Å²) >= 11 is 0. The van der Waals surface area contributed by atoms with Crippen LogP contribution in [0.15, 0.2) is 65.8 Å². The Hall–Kier alpha value is -3.66. The summed E-state index contributed by atoms with van der Waals surface area (Å²) in [6.45, 7) is 0. The first-order chi connectivity index (χ1) is 14.0. The summed E-state index contributed by atoms with van der Waals surface area (Å²) in [6.07, 6.45) is 0.257. The monoisotopic (exact) mass is 395 g/mol. The van der Waals surface area contributed by atoms with Crippen LogP contribution in [0.25, 0.3) is 0 Å². The first kappa shape index (κ1) is 18.7. The third kappa shape index (κ3) is 3.34. The van der Waals surface area contributed by atoms with Crippen LogP contribution < -0.4 is 5.01 Å². The molecule has 0 aromatic heterocycles. The summed E-state index contributed by atoms with van der Waals surface area (Å²) in [5.74, 6) is -6.00. The van der Waals surface area contributed by atoms with Gasteiger partial charge >= 0.3 is 0 Å². The van der Waals surface area contributed by atoms with E-state index in [1.165, 1.54) is 0 Å². The van der Waals surface area contributed by atoms with Crippen LogP contribution in [0.1, 0.15) is 29.2 Å². The molecule has 3 aromatic rings. The predicted molar refractivity (Wildman–Crippen MR) is 100 cm³/mol. The minimum Gasteiger partial charge on any atom is -0.251 e. The molecule has 1 heterocycles. The molecule has 0 aliphatic carbocycles. The second-order valence-electron chi connectivity index (χ2n) is 6.53. The van der Waals surface area contributed by atoms with Crippen molar-refractivity contribution >= 4 is 11.4 Å². The molecule has 0 bridgehead atoms. The molecule has 3 aromatic carbocycles. The Kier molecular flexibility index (Phi) is 4.77. The van der Waals surface area contributed by atoms with Crippen LogP contribution in [-0.4, -0.2) is 5.71 Å². The number of hydrogen-bond acceptors (Lipinski definition) is 3. The molecule has 7 heteroatoms. The van der Waals surface area contributed by atoms with Gasteiger partial charge in [0, 0.05) is 12.5 Å². The van der Waals surface area contributed by atoms with E-state index in [9.17, 15) is 17.6 Å². The Bertz CT molecular complexity index is 1110. The maximum Gasteiger partial charge on any atom is 0.187 e. The van der Waals surface area contributed by atoms with Crippen LogP contribution >= 0.6 is 0 Å². The molecule has 0 fully saturated rings. The van der Waals surface area contributed by atoms with Gasteiger partial charge in [-0.2, -0.15) is 10.4 Å². The first-order valence-corrected chi connectivity index (χ1v) is 8.74. The van der Waals surface area contributed by atoms with Crippen LogP contribution in [0.4, 0.5) is 23.2 Å². The molecular weight excluding hydrogens is 382 g/mol. The Labute approximate surface area is 164 Å². The third-order valence-electron chi connectivity index (χ3n) is 4.76. The van der Waals surface area contributed by atoms with E-state index < -0.39 is 35.0 Å². The van der Waals surface area contributed by atoms with Gasteiger partial charge < -0.3 is 0 Å². The van der Waals surface area contributed by atoms with Crippen molar-refractivity contribution in [1.82, 2.24) is 0 Å². The minimum atomic E-state index is -1.50. The first-order valence-electron chi connectivity index (χ1n) is 8.74.